The molecule has 0 saturated heterocycles. The molecule has 3 unspecified atom stereocenters. The summed E-state index contributed by atoms with van der Waals surface area (Å²) in [6.07, 6.45) is 6.29. The van der Waals surface area contributed by atoms with E-state index in [4.69, 9.17) is 10.5 Å². The molecule has 1 saturated carbocycles. The van der Waals surface area contributed by atoms with Crippen LogP contribution >= 0.6 is 0 Å². The van der Waals surface area contributed by atoms with Crippen LogP contribution in [-0.2, 0) is 6.42 Å². The topological polar surface area (TPSA) is 35.2 Å². The van der Waals surface area contributed by atoms with Crippen LogP contribution in [0, 0.1) is 12.8 Å². The van der Waals surface area contributed by atoms with Gasteiger partial charge in [0.1, 0.15) is 5.75 Å². The zero-order valence-electron chi connectivity index (χ0n) is 12.5. The van der Waals surface area contributed by atoms with Crippen molar-refractivity contribution < 1.29 is 4.74 Å². The normalized spacial score (nSPS) is 25.1. The minimum Gasteiger partial charge on any atom is -0.490 e. The number of hydrogen-bond acceptors (Lipinski definition) is 2. The van der Waals surface area contributed by atoms with Gasteiger partial charge in [-0.3, -0.25) is 0 Å². The number of benzene rings is 1. The summed E-state index contributed by atoms with van der Waals surface area (Å²) in [7, 11) is 0. The van der Waals surface area contributed by atoms with Gasteiger partial charge in [-0.25, -0.2) is 0 Å². The summed E-state index contributed by atoms with van der Waals surface area (Å²) in [5.41, 5.74) is 8.48. The fourth-order valence-corrected chi connectivity index (χ4v) is 2.99. The van der Waals surface area contributed by atoms with Crippen LogP contribution in [-0.4, -0.2) is 12.1 Å². The second-order valence-electron chi connectivity index (χ2n) is 6.30. The Hall–Kier alpha value is -1.02. The second-order valence-corrected chi connectivity index (χ2v) is 6.30. The lowest BCUT2D eigenvalue weighted by Gasteiger charge is -2.28. The van der Waals surface area contributed by atoms with Gasteiger partial charge in [-0.05, 0) is 57.1 Å². The molecule has 2 heteroatoms. The van der Waals surface area contributed by atoms with E-state index in [1.807, 2.05) is 0 Å². The van der Waals surface area contributed by atoms with Crippen LogP contribution in [0.1, 0.15) is 50.7 Å². The van der Waals surface area contributed by atoms with Crippen molar-refractivity contribution in [2.45, 2.75) is 65.0 Å². The average Bonchev–Trinajstić information content (AvgIpc) is 2.32. The lowest BCUT2D eigenvalue weighted by molar-refractivity contribution is 0.128. The third kappa shape index (κ3) is 4.24. The van der Waals surface area contributed by atoms with Gasteiger partial charge >= 0.3 is 0 Å². The lowest BCUT2D eigenvalue weighted by atomic mass is 9.88. The van der Waals surface area contributed by atoms with Crippen LogP contribution in [0.3, 0.4) is 0 Å². The van der Waals surface area contributed by atoms with E-state index in [1.54, 1.807) is 0 Å². The van der Waals surface area contributed by atoms with Crippen LogP contribution in [0.25, 0.3) is 0 Å². The summed E-state index contributed by atoms with van der Waals surface area (Å²) in [6.45, 7) is 6.50. The van der Waals surface area contributed by atoms with E-state index in [0.29, 0.717) is 6.10 Å². The summed E-state index contributed by atoms with van der Waals surface area (Å²) in [5.74, 6) is 1.84. The molecule has 0 heterocycles. The van der Waals surface area contributed by atoms with Gasteiger partial charge in [0.25, 0.3) is 0 Å². The summed E-state index contributed by atoms with van der Waals surface area (Å²) < 4.78 is 6.26. The van der Waals surface area contributed by atoms with Crippen LogP contribution in [0.4, 0.5) is 0 Å². The Morgan fingerprint density at radius 3 is 2.84 bits per heavy atom. The molecule has 0 aromatic heterocycles. The van der Waals surface area contributed by atoms with Gasteiger partial charge in [-0.15, -0.1) is 0 Å². The Morgan fingerprint density at radius 1 is 1.37 bits per heavy atom. The molecule has 0 bridgehead atoms. The molecule has 2 N–H and O–H groups in total. The second kappa shape index (κ2) is 6.42. The van der Waals surface area contributed by atoms with Crippen molar-refractivity contribution in [3.05, 3.63) is 29.3 Å². The summed E-state index contributed by atoms with van der Waals surface area (Å²) in [4.78, 5) is 0. The zero-order chi connectivity index (χ0) is 13.8. The molecule has 0 spiro atoms. The molecular weight excluding hydrogens is 234 g/mol. The highest BCUT2D eigenvalue weighted by Crippen LogP contribution is 2.29. The molecule has 1 aliphatic rings. The predicted octanol–water partition coefficient (Wildman–Crippen LogP) is 3.84. The van der Waals surface area contributed by atoms with Crippen molar-refractivity contribution in [3.8, 4) is 5.75 Å². The number of ether oxygens (including phenoxy) is 1. The predicted molar refractivity (Wildman–Crippen MR) is 80.6 cm³/mol. The summed E-state index contributed by atoms with van der Waals surface area (Å²) >= 11 is 0. The van der Waals surface area contributed by atoms with E-state index in [1.165, 1.54) is 36.8 Å². The van der Waals surface area contributed by atoms with Crippen molar-refractivity contribution in [3.63, 3.8) is 0 Å². The van der Waals surface area contributed by atoms with Crippen LogP contribution < -0.4 is 10.5 Å². The lowest BCUT2D eigenvalue weighted by Crippen LogP contribution is -2.25. The minimum absolute atomic E-state index is 0.175. The van der Waals surface area contributed by atoms with Crippen molar-refractivity contribution in [1.29, 1.82) is 0 Å². The van der Waals surface area contributed by atoms with Crippen molar-refractivity contribution in [1.82, 2.24) is 0 Å². The minimum atomic E-state index is 0.175. The molecule has 1 fully saturated rings. The Kier molecular flexibility index (Phi) is 4.87. The van der Waals surface area contributed by atoms with E-state index < -0.39 is 0 Å². The molecule has 0 amide bonds. The monoisotopic (exact) mass is 261 g/mol. The van der Waals surface area contributed by atoms with Crippen LogP contribution in [0.2, 0.25) is 0 Å². The molecule has 0 aliphatic heterocycles. The molecular formula is C17H27NO. The van der Waals surface area contributed by atoms with Crippen LogP contribution in [0.5, 0.6) is 5.75 Å². The maximum Gasteiger partial charge on any atom is 0.122 e. The molecule has 2 rings (SSSR count). The van der Waals surface area contributed by atoms with Crippen molar-refractivity contribution >= 4 is 0 Å². The molecule has 1 aromatic carbocycles. The van der Waals surface area contributed by atoms with Gasteiger partial charge in [0.05, 0.1) is 6.10 Å². The molecule has 19 heavy (non-hydrogen) atoms. The Morgan fingerprint density at radius 2 is 2.16 bits per heavy atom. The van der Waals surface area contributed by atoms with E-state index >= 15 is 0 Å². The van der Waals surface area contributed by atoms with Gasteiger partial charge in [-0.1, -0.05) is 31.0 Å². The first kappa shape index (κ1) is 14.4. The van der Waals surface area contributed by atoms with Crippen molar-refractivity contribution in [2.24, 2.45) is 11.7 Å². The number of nitrogens with two attached hydrogens (primary N) is 1. The SMILES string of the molecule is Cc1ccc(OC2CCCC(C)C2)c(CC(C)N)c1. The average molecular weight is 261 g/mol. The van der Waals surface area contributed by atoms with Gasteiger partial charge in [-0.2, -0.15) is 0 Å². The highest BCUT2D eigenvalue weighted by Gasteiger charge is 2.21. The van der Waals surface area contributed by atoms with E-state index in [-0.39, 0.29) is 6.04 Å². The Bertz CT molecular complexity index is 414. The third-order valence-electron chi connectivity index (χ3n) is 3.94. The van der Waals surface area contributed by atoms with E-state index in [0.717, 1.165) is 18.1 Å². The standard InChI is InChI=1S/C17H27NO/c1-12-5-4-6-16(10-12)19-17-8-7-13(2)9-15(17)11-14(3)18/h7-9,12,14,16H,4-6,10-11,18H2,1-3H3. The third-order valence-corrected chi connectivity index (χ3v) is 3.94. The largest absolute Gasteiger partial charge is 0.490 e. The molecule has 106 valence electrons. The fourth-order valence-electron chi connectivity index (χ4n) is 2.99. The van der Waals surface area contributed by atoms with Gasteiger partial charge in [0.15, 0.2) is 0 Å². The van der Waals surface area contributed by atoms with Gasteiger partial charge < -0.3 is 10.5 Å². The highest BCUT2D eigenvalue weighted by atomic mass is 16.5. The van der Waals surface area contributed by atoms with E-state index in [9.17, 15) is 0 Å². The maximum atomic E-state index is 6.26. The maximum absolute atomic E-state index is 6.26. The van der Waals surface area contributed by atoms with Gasteiger partial charge in [0, 0.05) is 6.04 Å². The first-order valence-corrected chi connectivity index (χ1v) is 7.56. The molecule has 1 aliphatic carbocycles. The highest BCUT2D eigenvalue weighted by molar-refractivity contribution is 5.37. The quantitative estimate of drug-likeness (QED) is 0.893. The molecule has 0 radical (unpaired) electrons. The number of aryl methyl sites for hydroxylation is 1. The first-order valence-electron chi connectivity index (χ1n) is 7.56. The Labute approximate surface area is 117 Å². The zero-order valence-corrected chi connectivity index (χ0v) is 12.5. The molecule has 3 atom stereocenters. The number of rotatable bonds is 4. The fraction of sp³-hybridized carbons (Fsp3) is 0.647. The van der Waals surface area contributed by atoms with Crippen molar-refractivity contribution in [2.75, 3.05) is 0 Å². The molecule has 1 aromatic rings. The van der Waals surface area contributed by atoms with Gasteiger partial charge in [0.2, 0.25) is 0 Å². The summed E-state index contributed by atoms with van der Waals surface area (Å²) in [5, 5.41) is 0. The van der Waals surface area contributed by atoms with Crippen LogP contribution in [0.15, 0.2) is 18.2 Å². The molecule has 2 nitrogen and oxygen atoms in total. The summed E-state index contributed by atoms with van der Waals surface area (Å²) in [6, 6.07) is 6.64. The van der Waals surface area contributed by atoms with E-state index in [2.05, 4.69) is 39.0 Å². The smallest absolute Gasteiger partial charge is 0.122 e. The Balaban J connectivity index is 2.10. The first-order chi connectivity index (χ1) is 9.04. The number of hydrogen-bond donors (Lipinski definition) is 1.